The van der Waals surface area contributed by atoms with Crippen molar-refractivity contribution in [1.82, 2.24) is 4.90 Å². The Kier molecular flexibility index (Phi) is 6.98. The maximum atomic E-state index is 5.94. The molecule has 0 radical (unpaired) electrons. The van der Waals surface area contributed by atoms with E-state index in [-0.39, 0.29) is 5.60 Å². The summed E-state index contributed by atoms with van der Waals surface area (Å²) < 4.78 is 5.94. The molecule has 0 atom stereocenters. The molecule has 0 unspecified atom stereocenters. The monoisotopic (exact) mass is 337 g/mol. The van der Waals surface area contributed by atoms with E-state index in [0.29, 0.717) is 0 Å². The van der Waals surface area contributed by atoms with Crippen LogP contribution in [0.2, 0.25) is 0 Å². The summed E-state index contributed by atoms with van der Waals surface area (Å²) in [5.41, 5.74) is 5.01. The lowest BCUT2D eigenvalue weighted by Crippen LogP contribution is -2.30. The van der Waals surface area contributed by atoms with Gasteiger partial charge in [0, 0.05) is 19.6 Å². The fourth-order valence-corrected chi connectivity index (χ4v) is 2.66. The minimum atomic E-state index is -0.0961. The molecule has 2 nitrogen and oxygen atoms in total. The highest BCUT2D eigenvalue weighted by Crippen LogP contribution is 2.14. The topological polar surface area (TPSA) is 12.5 Å². The largest absolute Gasteiger partial charge is 0.375 e. The van der Waals surface area contributed by atoms with E-state index < -0.39 is 0 Å². The van der Waals surface area contributed by atoms with Crippen LogP contribution in [-0.4, -0.2) is 23.7 Å². The Morgan fingerprint density at radius 3 is 1.92 bits per heavy atom. The van der Waals surface area contributed by atoms with Crippen LogP contribution in [0.3, 0.4) is 0 Å². The smallest absolute Gasteiger partial charge is 0.0600 e. The molecule has 0 saturated carbocycles. The van der Waals surface area contributed by atoms with Crippen LogP contribution in [0.15, 0.2) is 55.1 Å². The maximum absolute atomic E-state index is 5.94. The van der Waals surface area contributed by atoms with Crippen molar-refractivity contribution < 1.29 is 4.74 Å². The van der Waals surface area contributed by atoms with Crippen LogP contribution < -0.4 is 0 Å². The van der Waals surface area contributed by atoms with E-state index in [9.17, 15) is 0 Å². The molecule has 0 fully saturated rings. The first-order valence-corrected chi connectivity index (χ1v) is 8.99. The average molecular weight is 338 g/mol. The summed E-state index contributed by atoms with van der Waals surface area (Å²) in [6.07, 6.45) is 1.88. The number of rotatable bonds is 8. The molecule has 0 aliphatic carbocycles. The lowest BCUT2D eigenvalue weighted by Gasteiger charge is -2.26. The van der Waals surface area contributed by atoms with Gasteiger partial charge in [0.05, 0.1) is 12.2 Å². The van der Waals surface area contributed by atoms with Crippen molar-refractivity contribution in [3.05, 3.63) is 77.4 Å². The van der Waals surface area contributed by atoms with Crippen molar-refractivity contribution in [3.63, 3.8) is 0 Å². The maximum Gasteiger partial charge on any atom is 0.0600 e. The summed E-state index contributed by atoms with van der Waals surface area (Å²) in [5.74, 6) is 0. The fourth-order valence-electron chi connectivity index (χ4n) is 2.66. The van der Waals surface area contributed by atoms with E-state index in [0.717, 1.165) is 31.8 Å². The van der Waals surface area contributed by atoms with Gasteiger partial charge in [0.1, 0.15) is 0 Å². The van der Waals surface area contributed by atoms with Crippen LogP contribution in [0.1, 0.15) is 43.0 Å². The standard InChI is InChI=1S/C23H31NO/c1-6-20-11-13-22(14-12-20)18-24(15-16-25-23(3,4)5)17-21-9-7-19(2)8-10-21/h6-14H,1,15-18H2,2-5H3. The van der Waals surface area contributed by atoms with Gasteiger partial charge in [-0.2, -0.15) is 0 Å². The molecular weight excluding hydrogens is 306 g/mol. The van der Waals surface area contributed by atoms with Gasteiger partial charge in [-0.3, -0.25) is 4.90 Å². The molecule has 0 bridgehead atoms. The van der Waals surface area contributed by atoms with Gasteiger partial charge in [0.25, 0.3) is 0 Å². The Hall–Kier alpha value is -1.90. The molecule has 0 aliphatic heterocycles. The highest BCUT2D eigenvalue weighted by molar-refractivity contribution is 5.47. The molecule has 2 rings (SSSR count). The first kappa shape index (κ1) is 19.4. The predicted octanol–water partition coefficient (Wildman–Crippen LogP) is 5.46. The number of hydrogen-bond acceptors (Lipinski definition) is 2. The Bertz CT molecular complexity index is 650. The van der Waals surface area contributed by atoms with Crippen molar-refractivity contribution in [3.8, 4) is 0 Å². The minimum absolute atomic E-state index is 0.0961. The molecule has 25 heavy (non-hydrogen) atoms. The number of benzene rings is 2. The minimum Gasteiger partial charge on any atom is -0.375 e. The van der Waals surface area contributed by atoms with Crippen LogP contribution in [0.5, 0.6) is 0 Å². The highest BCUT2D eigenvalue weighted by atomic mass is 16.5. The third-order valence-corrected chi connectivity index (χ3v) is 4.09. The van der Waals surface area contributed by atoms with Crippen LogP contribution in [-0.2, 0) is 17.8 Å². The van der Waals surface area contributed by atoms with Crippen molar-refractivity contribution in [2.24, 2.45) is 0 Å². The SMILES string of the molecule is C=Cc1ccc(CN(CCOC(C)(C)C)Cc2ccc(C)cc2)cc1. The molecule has 0 saturated heterocycles. The second-order valence-corrected chi connectivity index (χ2v) is 7.60. The van der Waals surface area contributed by atoms with E-state index in [1.165, 1.54) is 16.7 Å². The Labute approximate surface area is 153 Å². The zero-order chi connectivity index (χ0) is 18.3. The lowest BCUT2D eigenvalue weighted by molar-refractivity contribution is -0.0148. The third kappa shape index (κ3) is 7.25. The zero-order valence-corrected chi connectivity index (χ0v) is 16.1. The predicted molar refractivity (Wildman–Crippen MR) is 108 cm³/mol. The van der Waals surface area contributed by atoms with Gasteiger partial charge < -0.3 is 4.74 Å². The molecule has 0 N–H and O–H groups in total. The average Bonchev–Trinajstić information content (AvgIpc) is 2.56. The molecule has 0 aliphatic rings. The number of hydrogen-bond donors (Lipinski definition) is 0. The summed E-state index contributed by atoms with van der Waals surface area (Å²) in [6, 6.07) is 17.4. The van der Waals surface area contributed by atoms with E-state index in [1.807, 2.05) is 6.08 Å². The number of ether oxygens (including phenoxy) is 1. The van der Waals surface area contributed by atoms with Gasteiger partial charge in [0.15, 0.2) is 0 Å². The van der Waals surface area contributed by atoms with E-state index in [1.54, 1.807) is 0 Å². The molecule has 2 aromatic rings. The first-order valence-electron chi connectivity index (χ1n) is 8.99. The number of aryl methyl sites for hydroxylation is 1. The highest BCUT2D eigenvalue weighted by Gasteiger charge is 2.12. The Morgan fingerprint density at radius 2 is 1.44 bits per heavy atom. The molecule has 2 aromatic carbocycles. The van der Waals surface area contributed by atoms with Crippen molar-refractivity contribution in [2.45, 2.75) is 46.4 Å². The summed E-state index contributed by atoms with van der Waals surface area (Å²) >= 11 is 0. The summed E-state index contributed by atoms with van der Waals surface area (Å²) in [4.78, 5) is 2.44. The van der Waals surface area contributed by atoms with Crippen molar-refractivity contribution in [2.75, 3.05) is 13.2 Å². The van der Waals surface area contributed by atoms with Gasteiger partial charge in [-0.15, -0.1) is 0 Å². The summed E-state index contributed by atoms with van der Waals surface area (Å²) in [7, 11) is 0. The molecule has 0 spiro atoms. The first-order chi connectivity index (χ1) is 11.9. The second kappa shape index (κ2) is 8.98. The van der Waals surface area contributed by atoms with Gasteiger partial charge in [-0.05, 0) is 44.4 Å². The van der Waals surface area contributed by atoms with Gasteiger partial charge >= 0.3 is 0 Å². The van der Waals surface area contributed by atoms with E-state index in [4.69, 9.17) is 4.74 Å². The normalized spacial score (nSPS) is 11.7. The van der Waals surface area contributed by atoms with E-state index in [2.05, 4.69) is 87.7 Å². The van der Waals surface area contributed by atoms with Gasteiger partial charge in [0.2, 0.25) is 0 Å². The van der Waals surface area contributed by atoms with Gasteiger partial charge in [-0.1, -0.05) is 66.7 Å². The second-order valence-electron chi connectivity index (χ2n) is 7.60. The summed E-state index contributed by atoms with van der Waals surface area (Å²) in [6.45, 7) is 15.7. The summed E-state index contributed by atoms with van der Waals surface area (Å²) in [5, 5.41) is 0. The van der Waals surface area contributed by atoms with E-state index >= 15 is 0 Å². The molecular formula is C23H31NO. The number of nitrogens with zero attached hydrogens (tertiary/aromatic N) is 1. The van der Waals surface area contributed by atoms with Crippen LogP contribution in [0, 0.1) is 6.92 Å². The van der Waals surface area contributed by atoms with Gasteiger partial charge in [-0.25, -0.2) is 0 Å². The third-order valence-electron chi connectivity index (χ3n) is 4.09. The molecule has 2 heteroatoms. The molecule has 134 valence electrons. The van der Waals surface area contributed by atoms with Crippen LogP contribution in [0.4, 0.5) is 0 Å². The fraction of sp³-hybridized carbons (Fsp3) is 0.391. The molecule has 0 amide bonds. The molecule has 0 heterocycles. The van der Waals surface area contributed by atoms with Crippen molar-refractivity contribution in [1.29, 1.82) is 0 Å². The Balaban J connectivity index is 2.03. The van der Waals surface area contributed by atoms with Crippen molar-refractivity contribution >= 4 is 6.08 Å². The van der Waals surface area contributed by atoms with Crippen LogP contribution in [0.25, 0.3) is 6.08 Å². The quantitative estimate of drug-likeness (QED) is 0.634. The lowest BCUT2D eigenvalue weighted by atomic mass is 10.1. The zero-order valence-electron chi connectivity index (χ0n) is 16.1. The Morgan fingerprint density at radius 1 is 0.920 bits per heavy atom. The van der Waals surface area contributed by atoms with Crippen LogP contribution >= 0.6 is 0 Å². The molecule has 0 aromatic heterocycles.